The summed E-state index contributed by atoms with van der Waals surface area (Å²) < 4.78 is 5.16. The van der Waals surface area contributed by atoms with E-state index < -0.39 is 0 Å². The molecule has 7 heteroatoms. The molecule has 7 nitrogen and oxygen atoms in total. The molecule has 1 saturated heterocycles. The molecular weight excluding hydrogens is 332 g/mol. The number of carbonyl (C=O) groups excluding carboxylic acids is 2. The Bertz CT molecular complexity index is 861. The van der Waals surface area contributed by atoms with Gasteiger partial charge in [0.1, 0.15) is 5.75 Å². The van der Waals surface area contributed by atoms with Crippen LogP contribution in [0.5, 0.6) is 5.75 Å². The van der Waals surface area contributed by atoms with Crippen LogP contribution in [0.25, 0.3) is 11.3 Å². The number of carbonyl (C=O) groups is 2. The van der Waals surface area contributed by atoms with Crippen molar-refractivity contribution in [2.24, 2.45) is 0 Å². The Kier molecular flexibility index (Phi) is 5.23. The second kappa shape index (κ2) is 7.74. The third-order valence-electron chi connectivity index (χ3n) is 4.30. The minimum absolute atomic E-state index is 0.0800. The van der Waals surface area contributed by atoms with E-state index in [2.05, 4.69) is 27.4 Å². The van der Waals surface area contributed by atoms with Crippen molar-refractivity contribution in [3.8, 4) is 28.8 Å². The Balaban J connectivity index is 1.72. The van der Waals surface area contributed by atoms with Crippen LogP contribution in [0.2, 0.25) is 0 Å². The monoisotopic (exact) mass is 352 g/mol. The minimum Gasteiger partial charge on any atom is -0.497 e. The first-order chi connectivity index (χ1) is 12.6. The number of H-pyrrole nitrogens is 1. The number of benzene rings is 1. The van der Waals surface area contributed by atoms with E-state index in [1.165, 1.54) is 6.20 Å². The first-order valence-electron chi connectivity index (χ1n) is 8.32. The number of rotatable bonds is 4. The SMILES string of the molecule is CC#CC(=O)NC1CCN(C(=O)c2cn[nH]c2-c2ccc(OC)cc2)C1. The fourth-order valence-corrected chi connectivity index (χ4v) is 2.99. The van der Waals surface area contributed by atoms with Crippen LogP contribution in [0, 0.1) is 11.8 Å². The van der Waals surface area contributed by atoms with Gasteiger partial charge in [-0.25, -0.2) is 0 Å². The van der Waals surface area contributed by atoms with Gasteiger partial charge in [0.2, 0.25) is 0 Å². The predicted molar refractivity (Wildman–Crippen MR) is 96.5 cm³/mol. The minimum atomic E-state index is -0.311. The molecule has 1 aromatic heterocycles. The summed E-state index contributed by atoms with van der Waals surface area (Å²) in [6.45, 7) is 2.66. The van der Waals surface area contributed by atoms with Crippen LogP contribution in [-0.4, -0.2) is 53.2 Å². The second-order valence-corrected chi connectivity index (χ2v) is 5.97. The summed E-state index contributed by atoms with van der Waals surface area (Å²) in [5.74, 6) is 5.35. The number of ether oxygens (including phenoxy) is 1. The number of nitrogens with one attached hydrogen (secondary N) is 2. The van der Waals surface area contributed by atoms with E-state index in [1.807, 2.05) is 24.3 Å². The largest absolute Gasteiger partial charge is 0.497 e. The van der Waals surface area contributed by atoms with Crippen LogP contribution >= 0.6 is 0 Å². The van der Waals surface area contributed by atoms with Gasteiger partial charge in [0.05, 0.1) is 24.6 Å². The molecule has 2 amide bonds. The summed E-state index contributed by atoms with van der Waals surface area (Å²) in [6, 6.07) is 7.34. The van der Waals surface area contributed by atoms with Gasteiger partial charge in [0.25, 0.3) is 11.8 Å². The standard InChI is InChI=1S/C19H20N4O3/c1-3-4-17(24)21-14-9-10-23(12-14)19(25)16-11-20-22-18(16)13-5-7-15(26-2)8-6-13/h5-8,11,14H,9-10,12H2,1-2H3,(H,20,22)(H,21,24). The summed E-state index contributed by atoms with van der Waals surface area (Å²) >= 11 is 0. The van der Waals surface area contributed by atoms with E-state index in [0.717, 1.165) is 11.3 Å². The number of amides is 2. The zero-order valence-electron chi connectivity index (χ0n) is 14.7. The van der Waals surface area contributed by atoms with Gasteiger partial charge in [-0.2, -0.15) is 5.10 Å². The molecule has 134 valence electrons. The summed E-state index contributed by atoms with van der Waals surface area (Å²) in [5.41, 5.74) is 2.03. The van der Waals surface area contributed by atoms with Crippen molar-refractivity contribution >= 4 is 11.8 Å². The normalized spacial score (nSPS) is 15.9. The molecule has 2 heterocycles. The van der Waals surface area contributed by atoms with Gasteiger partial charge in [-0.15, -0.1) is 0 Å². The van der Waals surface area contributed by atoms with Crippen LogP contribution in [0.3, 0.4) is 0 Å². The number of aromatic amines is 1. The lowest BCUT2D eigenvalue weighted by Crippen LogP contribution is -2.37. The third-order valence-corrected chi connectivity index (χ3v) is 4.30. The lowest BCUT2D eigenvalue weighted by Gasteiger charge is -2.16. The number of nitrogens with zero attached hydrogens (tertiary/aromatic N) is 2. The lowest BCUT2D eigenvalue weighted by molar-refractivity contribution is -0.116. The molecular formula is C19H20N4O3. The first-order valence-corrected chi connectivity index (χ1v) is 8.32. The molecule has 1 aliphatic rings. The van der Waals surface area contributed by atoms with E-state index >= 15 is 0 Å². The molecule has 1 atom stereocenters. The van der Waals surface area contributed by atoms with Crippen LogP contribution < -0.4 is 10.1 Å². The number of hydrogen-bond acceptors (Lipinski definition) is 4. The average Bonchev–Trinajstić information content (AvgIpc) is 3.31. The Morgan fingerprint density at radius 2 is 2.12 bits per heavy atom. The molecule has 1 aliphatic heterocycles. The molecule has 1 aromatic carbocycles. The van der Waals surface area contributed by atoms with Crippen molar-refractivity contribution in [3.05, 3.63) is 36.0 Å². The Hall–Kier alpha value is -3.27. The molecule has 0 bridgehead atoms. The van der Waals surface area contributed by atoms with E-state index in [4.69, 9.17) is 4.74 Å². The van der Waals surface area contributed by atoms with Crippen molar-refractivity contribution < 1.29 is 14.3 Å². The van der Waals surface area contributed by atoms with Gasteiger partial charge >= 0.3 is 0 Å². The van der Waals surface area contributed by atoms with Gasteiger partial charge in [-0.1, -0.05) is 5.92 Å². The van der Waals surface area contributed by atoms with Gasteiger partial charge in [-0.3, -0.25) is 14.7 Å². The summed E-state index contributed by atoms with van der Waals surface area (Å²) in [6.07, 6.45) is 2.25. The lowest BCUT2D eigenvalue weighted by atomic mass is 10.1. The Morgan fingerprint density at radius 3 is 2.81 bits per heavy atom. The van der Waals surface area contributed by atoms with Crippen molar-refractivity contribution in [3.63, 3.8) is 0 Å². The third kappa shape index (κ3) is 3.70. The van der Waals surface area contributed by atoms with Crippen molar-refractivity contribution in [2.75, 3.05) is 20.2 Å². The highest BCUT2D eigenvalue weighted by atomic mass is 16.5. The fraction of sp³-hybridized carbons (Fsp3) is 0.316. The van der Waals surface area contributed by atoms with Gasteiger partial charge in [-0.05, 0) is 43.5 Å². The summed E-state index contributed by atoms with van der Waals surface area (Å²) in [4.78, 5) is 26.2. The molecule has 0 saturated carbocycles. The molecule has 0 aliphatic carbocycles. The highest BCUT2D eigenvalue weighted by molar-refractivity contribution is 6.00. The second-order valence-electron chi connectivity index (χ2n) is 5.97. The number of likely N-dealkylation sites (tertiary alicyclic amines) is 1. The maximum Gasteiger partial charge on any atom is 0.296 e. The maximum absolute atomic E-state index is 12.9. The van der Waals surface area contributed by atoms with Crippen LogP contribution in [-0.2, 0) is 4.79 Å². The zero-order valence-corrected chi connectivity index (χ0v) is 14.7. The molecule has 2 aromatic rings. The molecule has 0 spiro atoms. The van der Waals surface area contributed by atoms with Gasteiger partial charge in [0.15, 0.2) is 0 Å². The zero-order chi connectivity index (χ0) is 18.5. The molecule has 26 heavy (non-hydrogen) atoms. The molecule has 1 fully saturated rings. The highest BCUT2D eigenvalue weighted by Crippen LogP contribution is 2.25. The van der Waals surface area contributed by atoms with Crippen LogP contribution in [0.15, 0.2) is 30.5 Å². The van der Waals surface area contributed by atoms with Crippen molar-refractivity contribution in [1.29, 1.82) is 0 Å². The van der Waals surface area contributed by atoms with E-state index in [9.17, 15) is 9.59 Å². The highest BCUT2D eigenvalue weighted by Gasteiger charge is 2.29. The maximum atomic E-state index is 12.9. The number of methoxy groups -OCH3 is 1. The van der Waals surface area contributed by atoms with Gasteiger partial charge < -0.3 is 15.0 Å². The van der Waals surface area contributed by atoms with Crippen molar-refractivity contribution in [1.82, 2.24) is 20.4 Å². The first kappa shape index (κ1) is 17.5. The fourth-order valence-electron chi connectivity index (χ4n) is 2.99. The van der Waals surface area contributed by atoms with E-state index in [1.54, 1.807) is 18.9 Å². The topological polar surface area (TPSA) is 87.3 Å². The van der Waals surface area contributed by atoms with E-state index in [0.29, 0.717) is 30.8 Å². The predicted octanol–water partition coefficient (Wildman–Crippen LogP) is 1.44. The number of aromatic nitrogens is 2. The summed E-state index contributed by atoms with van der Waals surface area (Å²) in [7, 11) is 1.61. The van der Waals surface area contributed by atoms with Crippen molar-refractivity contribution in [2.45, 2.75) is 19.4 Å². The molecule has 2 N–H and O–H groups in total. The molecule has 3 rings (SSSR count). The molecule has 1 unspecified atom stereocenters. The number of hydrogen-bond donors (Lipinski definition) is 2. The van der Waals surface area contributed by atoms with Gasteiger partial charge in [0, 0.05) is 24.7 Å². The smallest absolute Gasteiger partial charge is 0.296 e. The Morgan fingerprint density at radius 1 is 1.35 bits per heavy atom. The Labute approximate surface area is 151 Å². The summed E-state index contributed by atoms with van der Waals surface area (Å²) in [5, 5.41) is 9.76. The molecule has 0 radical (unpaired) electrons. The quantitative estimate of drug-likeness (QED) is 0.815. The van der Waals surface area contributed by atoms with Crippen LogP contribution in [0.1, 0.15) is 23.7 Å². The van der Waals surface area contributed by atoms with Crippen LogP contribution in [0.4, 0.5) is 0 Å². The van der Waals surface area contributed by atoms with E-state index in [-0.39, 0.29) is 17.9 Å². The average molecular weight is 352 g/mol.